The van der Waals surface area contributed by atoms with Gasteiger partial charge in [0.05, 0.1) is 12.2 Å². The van der Waals surface area contributed by atoms with E-state index in [4.69, 9.17) is 14.5 Å². The Morgan fingerprint density at radius 3 is 2.58 bits per heavy atom. The smallest absolute Gasteiger partial charge is 0.344 e. The second-order valence-corrected chi connectivity index (χ2v) is 8.27. The van der Waals surface area contributed by atoms with Gasteiger partial charge in [-0.05, 0) is 55.0 Å². The molecule has 0 aliphatic rings. The zero-order chi connectivity index (χ0) is 25.1. The van der Waals surface area contributed by atoms with Gasteiger partial charge < -0.3 is 14.8 Å². The maximum absolute atomic E-state index is 13.1. The minimum atomic E-state index is -0.435. The van der Waals surface area contributed by atoms with Crippen LogP contribution in [0.2, 0.25) is 0 Å². The molecule has 3 aromatic carbocycles. The highest BCUT2D eigenvalue weighted by Crippen LogP contribution is 2.32. The third-order valence-corrected chi connectivity index (χ3v) is 5.87. The van der Waals surface area contributed by atoms with Crippen LogP contribution in [-0.2, 0) is 9.53 Å². The fourth-order valence-electron chi connectivity index (χ4n) is 4.26. The fraction of sp³-hybridized carbons (Fsp3) is 0.138. The van der Waals surface area contributed by atoms with E-state index in [9.17, 15) is 9.59 Å². The molecule has 0 aliphatic carbocycles. The number of rotatable bonds is 7. The molecule has 0 spiro atoms. The van der Waals surface area contributed by atoms with Crippen molar-refractivity contribution >= 4 is 34.2 Å². The number of anilines is 1. The lowest BCUT2D eigenvalue weighted by atomic mass is 10.0. The molecule has 36 heavy (non-hydrogen) atoms. The number of pyridine rings is 1. The van der Waals surface area contributed by atoms with Crippen molar-refractivity contribution in [3.05, 3.63) is 96.2 Å². The number of esters is 2. The maximum Gasteiger partial charge on any atom is 0.344 e. The quantitative estimate of drug-likeness (QED) is 0.240. The van der Waals surface area contributed by atoms with Crippen molar-refractivity contribution in [1.29, 1.82) is 0 Å². The van der Waals surface area contributed by atoms with Crippen LogP contribution in [0.4, 0.5) is 5.82 Å². The molecule has 5 aromatic rings. The standard InChI is InChI=1S/C29H25N3O4/c1-3-35-26(33)18-30-28-27(31-25-16-6-9-19(2)32(25)28)21-12-7-13-22(17-21)36-29(34)24-15-8-11-20-10-4-5-14-23(20)24/h4-17,30H,3,18H2,1-2H3. The molecule has 2 heterocycles. The molecule has 5 rings (SSSR count). The Morgan fingerprint density at radius 1 is 0.944 bits per heavy atom. The van der Waals surface area contributed by atoms with E-state index in [0.29, 0.717) is 29.4 Å². The van der Waals surface area contributed by atoms with Gasteiger partial charge in [-0.2, -0.15) is 0 Å². The Balaban J connectivity index is 1.49. The van der Waals surface area contributed by atoms with Crippen molar-refractivity contribution in [1.82, 2.24) is 9.38 Å². The van der Waals surface area contributed by atoms with Crippen LogP contribution in [-0.4, -0.2) is 34.5 Å². The molecule has 0 bridgehead atoms. The van der Waals surface area contributed by atoms with Crippen LogP contribution < -0.4 is 10.1 Å². The van der Waals surface area contributed by atoms with E-state index in [2.05, 4.69) is 5.32 Å². The predicted octanol–water partition coefficient (Wildman–Crippen LogP) is 5.66. The Morgan fingerprint density at radius 2 is 1.72 bits per heavy atom. The van der Waals surface area contributed by atoms with Crippen LogP contribution in [0, 0.1) is 6.92 Å². The van der Waals surface area contributed by atoms with Gasteiger partial charge in [-0.25, -0.2) is 9.78 Å². The maximum atomic E-state index is 13.1. The Hall–Kier alpha value is -4.65. The second kappa shape index (κ2) is 9.92. The van der Waals surface area contributed by atoms with Gasteiger partial charge in [-0.1, -0.05) is 54.6 Å². The molecule has 2 aromatic heterocycles. The van der Waals surface area contributed by atoms with Crippen LogP contribution >= 0.6 is 0 Å². The van der Waals surface area contributed by atoms with Gasteiger partial charge in [0.1, 0.15) is 29.5 Å². The third kappa shape index (κ3) is 4.51. The van der Waals surface area contributed by atoms with Crippen molar-refractivity contribution in [3.8, 4) is 17.0 Å². The van der Waals surface area contributed by atoms with E-state index in [0.717, 1.165) is 27.7 Å². The number of benzene rings is 3. The molecule has 0 unspecified atom stereocenters. The summed E-state index contributed by atoms with van der Waals surface area (Å²) in [6.45, 7) is 4.05. The number of fused-ring (bicyclic) bond motifs is 2. The lowest BCUT2D eigenvalue weighted by Crippen LogP contribution is -2.18. The van der Waals surface area contributed by atoms with Gasteiger partial charge in [-0.3, -0.25) is 9.20 Å². The van der Waals surface area contributed by atoms with E-state index in [1.165, 1.54) is 0 Å². The molecule has 7 heteroatoms. The van der Waals surface area contributed by atoms with Crippen molar-refractivity contribution in [2.24, 2.45) is 0 Å². The topological polar surface area (TPSA) is 81.9 Å². The molecule has 0 saturated heterocycles. The zero-order valence-corrected chi connectivity index (χ0v) is 20.0. The van der Waals surface area contributed by atoms with Gasteiger partial charge in [0.15, 0.2) is 0 Å². The van der Waals surface area contributed by atoms with Crippen LogP contribution in [0.1, 0.15) is 23.0 Å². The van der Waals surface area contributed by atoms with Crippen LogP contribution in [0.3, 0.4) is 0 Å². The lowest BCUT2D eigenvalue weighted by Gasteiger charge is -2.11. The van der Waals surface area contributed by atoms with Gasteiger partial charge in [0.25, 0.3) is 0 Å². The Bertz CT molecular complexity index is 1580. The number of nitrogens with one attached hydrogen (secondary N) is 1. The number of carbonyl (C=O) groups is 2. The van der Waals surface area contributed by atoms with Gasteiger partial charge >= 0.3 is 11.9 Å². The summed E-state index contributed by atoms with van der Waals surface area (Å²) in [6, 6.07) is 26.3. The highest BCUT2D eigenvalue weighted by Gasteiger charge is 2.18. The summed E-state index contributed by atoms with van der Waals surface area (Å²) in [5, 5.41) is 4.99. The summed E-state index contributed by atoms with van der Waals surface area (Å²) < 4.78 is 12.8. The summed E-state index contributed by atoms with van der Waals surface area (Å²) in [4.78, 5) is 29.9. The third-order valence-electron chi connectivity index (χ3n) is 5.87. The Kier molecular flexibility index (Phi) is 6.36. The van der Waals surface area contributed by atoms with Crippen molar-refractivity contribution < 1.29 is 19.1 Å². The second-order valence-electron chi connectivity index (χ2n) is 8.27. The largest absolute Gasteiger partial charge is 0.465 e. The molecule has 0 aliphatic heterocycles. The summed E-state index contributed by atoms with van der Waals surface area (Å²) >= 11 is 0. The molecule has 180 valence electrons. The Labute approximate surface area is 208 Å². The number of hydrogen-bond donors (Lipinski definition) is 1. The van der Waals surface area contributed by atoms with Crippen LogP contribution in [0.25, 0.3) is 27.7 Å². The summed E-state index contributed by atoms with van der Waals surface area (Å²) in [5.74, 6) is 0.268. The number of ether oxygens (including phenoxy) is 2. The van der Waals surface area contributed by atoms with Gasteiger partial charge in [-0.15, -0.1) is 0 Å². The summed E-state index contributed by atoms with van der Waals surface area (Å²) in [6.07, 6.45) is 0. The van der Waals surface area contributed by atoms with E-state index in [1.807, 2.05) is 78.1 Å². The van der Waals surface area contributed by atoms with E-state index in [-0.39, 0.29) is 12.5 Å². The number of hydrogen-bond acceptors (Lipinski definition) is 6. The average Bonchev–Trinajstić information content (AvgIpc) is 3.27. The van der Waals surface area contributed by atoms with E-state index < -0.39 is 5.97 Å². The molecular weight excluding hydrogens is 454 g/mol. The van der Waals surface area contributed by atoms with Gasteiger partial charge in [0, 0.05) is 11.3 Å². The molecular formula is C29H25N3O4. The molecule has 0 fully saturated rings. The molecule has 0 amide bonds. The first kappa shape index (κ1) is 23.1. The predicted molar refractivity (Wildman–Crippen MR) is 139 cm³/mol. The first-order chi connectivity index (χ1) is 17.5. The van der Waals surface area contributed by atoms with Crippen LogP contribution in [0.15, 0.2) is 84.9 Å². The van der Waals surface area contributed by atoms with Crippen molar-refractivity contribution in [2.75, 3.05) is 18.5 Å². The SMILES string of the molecule is CCOC(=O)CNc1c(-c2cccc(OC(=O)c3cccc4ccccc34)c2)nc2cccc(C)n12. The zero-order valence-electron chi connectivity index (χ0n) is 20.0. The number of aryl methyl sites for hydroxylation is 1. The average molecular weight is 480 g/mol. The minimum Gasteiger partial charge on any atom is -0.465 e. The minimum absolute atomic E-state index is 0.00126. The molecule has 7 nitrogen and oxygen atoms in total. The lowest BCUT2D eigenvalue weighted by molar-refractivity contribution is -0.140. The number of aromatic nitrogens is 2. The normalized spacial score (nSPS) is 10.9. The molecule has 0 radical (unpaired) electrons. The highest BCUT2D eigenvalue weighted by atomic mass is 16.5. The monoisotopic (exact) mass is 479 g/mol. The van der Waals surface area contributed by atoms with Gasteiger partial charge in [0.2, 0.25) is 0 Å². The van der Waals surface area contributed by atoms with E-state index in [1.54, 1.807) is 25.1 Å². The van der Waals surface area contributed by atoms with Crippen molar-refractivity contribution in [2.45, 2.75) is 13.8 Å². The molecule has 0 saturated carbocycles. The number of carbonyl (C=O) groups excluding carboxylic acids is 2. The number of nitrogens with zero attached hydrogens (tertiary/aromatic N) is 2. The fourth-order valence-corrected chi connectivity index (χ4v) is 4.26. The first-order valence-electron chi connectivity index (χ1n) is 11.7. The highest BCUT2D eigenvalue weighted by molar-refractivity contribution is 6.05. The summed E-state index contributed by atoms with van der Waals surface area (Å²) in [7, 11) is 0. The van der Waals surface area contributed by atoms with Crippen molar-refractivity contribution in [3.63, 3.8) is 0 Å². The number of imidazole rings is 1. The molecule has 1 N–H and O–H groups in total. The van der Waals surface area contributed by atoms with Crippen LogP contribution in [0.5, 0.6) is 5.75 Å². The molecule has 0 atom stereocenters. The summed E-state index contributed by atoms with van der Waals surface area (Å²) in [5.41, 5.74) is 3.56. The van der Waals surface area contributed by atoms with E-state index >= 15 is 0 Å². The first-order valence-corrected chi connectivity index (χ1v) is 11.7.